The first kappa shape index (κ1) is 17.1. The maximum absolute atomic E-state index is 5.88. The minimum atomic E-state index is -2.45. The van der Waals surface area contributed by atoms with Crippen LogP contribution in [0, 0.1) is 0 Å². The van der Waals surface area contributed by atoms with E-state index in [2.05, 4.69) is 16.8 Å². The molecule has 6 heteroatoms. The summed E-state index contributed by atoms with van der Waals surface area (Å²) < 4.78 is 17.6. The van der Waals surface area contributed by atoms with E-state index < -0.39 is 8.80 Å². The summed E-state index contributed by atoms with van der Waals surface area (Å²) in [6.45, 7) is 13.6. The molecule has 0 aromatic heterocycles. The molecule has 1 aliphatic rings. The molecule has 0 bridgehead atoms. The number of rotatable bonds is 9. The normalized spacial score (nSPS) is 18.9. The van der Waals surface area contributed by atoms with Crippen molar-refractivity contribution >= 4 is 8.80 Å². The van der Waals surface area contributed by atoms with E-state index in [0.717, 1.165) is 38.8 Å². The Kier molecular flexibility index (Phi) is 8.13. The van der Waals surface area contributed by atoms with Crippen molar-refractivity contribution < 1.29 is 13.3 Å². The Balaban J connectivity index is 2.46. The van der Waals surface area contributed by atoms with Gasteiger partial charge in [0.2, 0.25) is 0 Å². The van der Waals surface area contributed by atoms with Gasteiger partial charge in [0.15, 0.2) is 0 Å². The minimum Gasteiger partial charge on any atom is -0.374 e. The summed E-state index contributed by atoms with van der Waals surface area (Å²) in [6, 6.07) is 0.895. The monoisotopic (exact) mass is 290 g/mol. The van der Waals surface area contributed by atoms with Crippen molar-refractivity contribution in [2.24, 2.45) is 0 Å². The fourth-order valence-corrected chi connectivity index (χ4v) is 4.96. The molecule has 1 saturated heterocycles. The molecule has 0 radical (unpaired) electrons. The SMILES string of the molecule is CCO[Si](CCN1CCN(C)CC1)(OCC)OCC. The third kappa shape index (κ3) is 5.89. The quantitative estimate of drug-likeness (QED) is 0.598. The van der Waals surface area contributed by atoms with Crippen LogP contribution in [0.25, 0.3) is 0 Å². The lowest BCUT2D eigenvalue weighted by Gasteiger charge is -2.35. The van der Waals surface area contributed by atoms with E-state index in [1.165, 1.54) is 0 Å². The highest BCUT2D eigenvalue weighted by Crippen LogP contribution is 2.17. The topological polar surface area (TPSA) is 34.2 Å². The zero-order valence-corrected chi connectivity index (χ0v) is 14.0. The largest absolute Gasteiger partial charge is 0.502 e. The zero-order chi connectivity index (χ0) is 14.1. The van der Waals surface area contributed by atoms with Crippen LogP contribution >= 0.6 is 0 Å². The van der Waals surface area contributed by atoms with E-state index in [0.29, 0.717) is 19.8 Å². The summed E-state index contributed by atoms with van der Waals surface area (Å²) in [6.07, 6.45) is 0. The lowest BCUT2D eigenvalue weighted by molar-refractivity contribution is 0.0655. The third-order valence-corrected chi connectivity index (χ3v) is 6.44. The van der Waals surface area contributed by atoms with Crippen LogP contribution in [0.5, 0.6) is 0 Å². The first-order chi connectivity index (χ1) is 9.15. The van der Waals surface area contributed by atoms with Crippen molar-refractivity contribution in [3.8, 4) is 0 Å². The van der Waals surface area contributed by atoms with Gasteiger partial charge in [-0.15, -0.1) is 0 Å². The second-order valence-electron chi connectivity index (χ2n) is 4.88. The van der Waals surface area contributed by atoms with Gasteiger partial charge in [-0.2, -0.15) is 0 Å². The molecule has 0 aromatic rings. The summed E-state index contributed by atoms with van der Waals surface area (Å²) in [4.78, 5) is 4.85. The fourth-order valence-electron chi connectivity index (χ4n) is 2.37. The van der Waals surface area contributed by atoms with Gasteiger partial charge in [0.25, 0.3) is 0 Å². The van der Waals surface area contributed by atoms with Crippen LogP contribution in [0.1, 0.15) is 20.8 Å². The predicted molar refractivity (Wildman–Crippen MR) is 79.4 cm³/mol. The van der Waals surface area contributed by atoms with Gasteiger partial charge in [-0.3, -0.25) is 0 Å². The van der Waals surface area contributed by atoms with Gasteiger partial charge in [-0.25, -0.2) is 0 Å². The Hall–Kier alpha value is 0.0169. The highest BCUT2D eigenvalue weighted by atomic mass is 28.4. The first-order valence-electron chi connectivity index (χ1n) is 7.48. The molecule has 5 nitrogen and oxygen atoms in total. The second kappa shape index (κ2) is 9.04. The average Bonchev–Trinajstić information content (AvgIpc) is 2.39. The summed E-state index contributed by atoms with van der Waals surface area (Å²) in [7, 11) is -0.274. The van der Waals surface area contributed by atoms with Crippen molar-refractivity contribution in [3.05, 3.63) is 0 Å². The zero-order valence-electron chi connectivity index (χ0n) is 13.0. The molecule has 0 amide bonds. The van der Waals surface area contributed by atoms with Crippen molar-refractivity contribution in [2.45, 2.75) is 26.8 Å². The van der Waals surface area contributed by atoms with E-state index in [-0.39, 0.29) is 0 Å². The molecule has 1 aliphatic heterocycles. The summed E-state index contributed by atoms with van der Waals surface area (Å²) in [5.74, 6) is 0. The van der Waals surface area contributed by atoms with Gasteiger partial charge in [0.05, 0.1) is 0 Å². The third-order valence-electron chi connectivity index (χ3n) is 3.42. The number of hydrogen-bond acceptors (Lipinski definition) is 5. The van der Waals surface area contributed by atoms with Gasteiger partial charge < -0.3 is 23.1 Å². The van der Waals surface area contributed by atoms with E-state index in [1.54, 1.807) is 0 Å². The molecule has 1 rings (SSSR count). The molecule has 0 unspecified atom stereocenters. The van der Waals surface area contributed by atoms with E-state index >= 15 is 0 Å². The highest BCUT2D eigenvalue weighted by Gasteiger charge is 2.40. The molecule has 1 fully saturated rings. The van der Waals surface area contributed by atoms with Crippen molar-refractivity contribution in [3.63, 3.8) is 0 Å². The van der Waals surface area contributed by atoms with Gasteiger partial charge in [-0.1, -0.05) is 0 Å². The predicted octanol–water partition coefficient (Wildman–Crippen LogP) is 1.28. The Labute approximate surface area is 119 Å². The maximum atomic E-state index is 5.88. The van der Waals surface area contributed by atoms with Crippen molar-refractivity contribution in [1.29, 1.82) is 0 Å². The fraction of sp³-hybridized carbons (Fsp3) is 1.00. The molecule has 0 aliphatic carbocycles. The summed E-state index contributed by atoms with van der Waals surface area (Å²) >= 11 is 0. The molecular formula is C13H30N2O3Si. The summed E-state index contributed by atoms with van der Waals surface area (Å²) in [5.41, 5.74) is 0. The van der Waals surface area contributed by atoms with Crippen molar-refractivity contribution in [1.82, 2.24) is 9.80 Å². The Morgan fingerprint density at radius 1 is 0.842 bits per heavy atom. The molecule has 19 heavy (non-hydrogen) atoms. The highest BCUT2D eigenvalue weighted by molar-refractivity contribution is 6.60. The maximum Gasteiger partial charge on any atom is 0.502 e. The van der Waals surface area contributed by atoms with Gasteiger partial charge in [0.1, 0.15) is 0 Å². The minimum absolute atomic E-state index is 0.662. The van der Waals surface area contributed by atoms with Crippen LogP contribution in [0.3, 0.4) is 0 Å². The standard InChI is InChI=1S/C13H30N2O3Si/c1-5-16-19(17-6-2,18-7-3)13-12-15-10-8-14(4)9-11-15/h5-13H2,1-4H3. The molecule has 0 aromatic carbocycles. The first-order valence-corrected chi connectivity index (χ1v) is 9.41. The molecule has 1 heterocycles. The molecular weight excluding hydrogens is 260 g/mol. The molecule has 0 spiro atoms. The van der Waals surface area contributed by atoms with Crippen molar-refractivity contribution in [2.75, 3.05) is 59.6 Å². The molecule has 0 saturated carbocycles. The summed E-state index contributed by atoms with van der Waals surface area (Å²) in [5, 5.41) is 0. The average molecular weight is 290 g/mol. The van der Waals surface area contributed by atoms with E-state index in [4.69, 9.17) is 13.3 Å². The molecule has 0 N–H and O–H groups in total. The van der Waals surface area contributed by atoms with Crippen LogP contribution in [0.2, 0.25) is 6.04 Å². The lowest BCUT2D eigenvalue weighted by atomic mass is 10.3. The Bertz CT molecular complexity index is 219. The number of nitrogens with zero attached hydrogens (tertiary/aromatic N) is 2. The van der Waals surface area contributed by atoms with Gasteiger partial charge in [-0.05, 0) is 27.8 Å². The van der Waals surface area contributed by atoms with Crippen LogP contribution in [-0.2, 0) is 13.3 Å². The van der Waals surface area contributed by atoms with Crippen LogP contribution in [-0.4, -0.2) is 78.2 Å². The van der Waals surface area contributed by atoms with Crippen LogP contribution in [0.4, 0.5) is 0 Å². The molecule has 0 atom stereocenters. The van der Waals surface area contributed by atoms with Crippen LogP contribution < -0.4 is 0 Å². The Morgan fingerprint density at radius 3 is 1.74 bits per heavy atom. The number of piperazine rings is 1. The van der Waals surface area contributed by atoms with Crippen LogP contribution in [0.15, 0.2) is 0 Å². The Morgan fingerprint density at radius 2 is 1.32 bits per heavy atom. The smallest absolute Gasteiger partial charge is 0.374 e. The second-order valence-corrected chi connectivity index (χ2v) is 7.61. The van der Waals surface area contributed by atoms with Gasteiger partial charge in [0, 0.05) is 58.6 Å². The van der Waals surface area contributed by atoms with E-state index in [1.807, 2.05) is 20.8 Å². The number of likely N-dealkylation sites (N-methyl/N-ethyl adjacent to an activating group) is 1. The van der Waals surface area contributed by atoms with Gasteiger partial charge >= 0.3 is 8.80 Å². The van der Waals surface area contributed by atoms with E-state index in [9.17, 15) is 0 Å². The molecule has 114 valence electrons. The lowest BCUT2D eigenvalue weighted by Crippen LogP contribution is -2.51. The number of hydrogen-bond donors (Lipinski definition) is 0.